The summed E-state index contributed by atoms with van der Waals surface area (Å²) in [5.74, 6) is 0.882. The molecule has 2 aromatic heterocycles. The van der Waals surface area contributed by atoms with Crippen LogP contribution in [0.25, 0.3) is 12.2 Å². The number of anilines is 2. The van der Waals surface area contributed by atoms with Gasteiger partial charge in [0, 0.05) is 17.0 Å². The summed E-state index contributed by atoms with van der Waals surface area (Å²) in [6.07, 6.45) is 3.68. The molecule has 30 heavy (non-hydrogen) atoms. The number of nitrogens with zero attached hydrogens (tertiary/aromatic N) is 1. The van der Waals surface area contributed by atoms with Gasteiger partial charge >= 0.3 is 0 Å². The second kappa shape index (κ2) is 9.14. The molecule has 2 heterocycles. The van der Waals surface area contributed by atoms with Crippen LogP contribution in [0.5, 0.6) is 5.75 Å². The van der Waals surface area contributed by atoms with Gasteiger partial charge in [-0.2, -0.15) is 0 Å². The van der Waals surface area contributed by atoms with Crippen molar-refractivity contribution in [3.63, 3.8) is 0 Å². The van der Waals surface area contributed by atoms with Gasteiger partial charge in [-0.15, -0.1) is 11.3 Å². The number of carbonyl (C=O) groups is 1. The summed E-state index contributed by atoms with van der Waals surface area (Å²) in [5.41, 5.74) is 1.51. The minimum absolute atomic E-state index is 0.148. The number of nitrogens with one attached hydrogen (secondary N) is 2. The first-order valence-electron chi connectivity index (χ1n) is 9.03. The topological polar surface area (TPSA) is 111 Å². The Kier molecular flexibility index (Phi) is 6.58. The first kappa shape index (κ1) is 21.6. The molecular formula is C20H21N3O5S2. The highest BCUT2D eigenvalue weighted by atomic mass is 32.2. The fraction of sp³-hybridized carbons (Fsp3) is 0.200. The van der Waals surface area contributed by atoms with Crippen LogP contribution in [0.15, 0.2) is 45.1 Å². The number of aryl methyl sites for hydroxylation is 1. The fourth-order valence-corrected chi connectivity index (χ4v) is 4.76. The number of hydrogen-bond acceptors (Lipinski definition) is 7. The minimum atomic E-state index is -3.72. The summed E-state index contributed by atoms with van der Waals surface area (Å²) < 4.78 is 38.3. The van der Waals surface area contributed by atoms with E-state index >= 15 is 0 Å². The van der Waals surface area contributed by atoms with E-state index in [1.54, 1.807) is 63.4 Å². The zero-order chi connectivity index (χ0) is 21.7. The van der Waals surface area contributed by atoms with E-state index in [0.29, 0.717) is 39.9 Å². The van der Waals surface area contributed by atoms with Gasteiger partial charge in [0.25, 0.3) is 10.0 Å². The Hall–Kier alpha value is -3.11. The first-order valence-corrected chi connectivity index (χ1v) is 11.3. The molecule has 1 amide bonds. The molecule has 0 saturated heterocycles. The monoisotopic (exact) mass is 447 g/mol. The maximum absolute atomic E-state index is 12.6. The quantitative estimate of drug-likeness (QED) is 0.530. The van der Waals surface area contributed by atoms with Gasteiger partial charge in [-0.3, -0.25) is 9.52 Å². The Morgan fingerprint density at radius 3 is 2.60 bits per heavy atom. The number of rotatable bonds is 8. The van der Waals surface area contributed by atoms with E-state index in [-0.39, 0.29) is 10.1 Å². The van der Waals surface area contributed by atoms with Gasteiger partial charge in [0.1, 0.15) is 21.3 Å². The number of hydrogen-bond donors (Lipinski definition) is 2. The Morgan fingerprint density at radius 2 is 1.93 bits per heavy atom. The standard InChI is InChI=1S/C20H21N3O5S2/c1-4-18(24)21-20-13(2)22-28-17(20)11-9-16-10-12-19(29-16)30(25,26)23-14-5-7-15(27-3)8-6-14/h5-12,23H,4H2,1-3H3,(H,21,24). The molecule has 0 aliphatic carbocycles. The SMILES string of the molecule is CCC(=O)Nc1c(C)noc1C=Cc1ccc(S(=O)(=O)Nc2ccc(OC)cc2)s1. The molecule has 1 aromatic carbocycles. The maximum Gasteiger partial charge on any atom is 0.271 e. The van der Waals surface area contributed by atoms with Crippen LogP contribution in [0, 0.1) is 6.92 Å². The molecule has 0 fully saturated rings. The molecule has 0 saturated carbocycles. The van der Waals surface area contributed by atoms with E-state index in [9.17, 15) is 13.2 Å². The molecule has 0 bridgehead atoms. The molecule has 3 aromatic rings. The molecule has 10 heteroatoms. The van der Waals surface area contributed by atoms with Crippen LogP contribution in [0.1, 0.15) is 29.7 Å². The molecule has 0 aliphatic heterocycles. The summed E-state index contributed by atoms with van der Waals surface area (Å²) >= 11 is 1.11. The maximum atomic E-state index is 12.6. The number of amides is 1. The van der Waals surface area contributed by atoms with Gasteiger partial charge in [0.2, 0.25) is 5.91 Å². The van der Waals surface area contributed by atoms with Crippen molar-refractivity contribution in [3.05, 3.63) is 52.7 Å². The molecule has 0 spiro atoms. The van der Waals surface area contributed by atoms with E-state index in [2.05, 4.69) is 15.2 Å². The Labute approximate surface area is 178 Å². The van der Waals surface area contributed by atoms with Crippen LogP contribution in [0.2, 0.25) is 0 Å². The highest BCUT2D eigenvalue weighted by Crippen LogP contribution is 2.28. The summed E-state index contributed by atoms with van der Waals surface area (Å²) in [5, 5.41) is 6.62. The smallest absolute Gasteiger partial charge is 0.271 e. The summed E-state index contributed by atoms with van der Waals surface area (Å²) in [6, 6.07) is 9.83. The van der Waals surface area contributed by atoms with Crippen LogP contribution >= 0.6 is 11.3 Å². The normalized spacial score (nSPS) is 11.6. The van der Waals surface area contributed by atoms with Crippen molar-refractivity contribution in [2.24, 2.45) is 0 Å². The Morgan fingerprint density at radius 1 is 1.20 bits per heavy atom. The Bertz CT molecular complexity index is 1160. The lowest BCUT2D eigenvalue weighted by molar-refractivity contribution is -0.115. The van der Waals surface area contributed by atoms with Crippen molar-refractivity contribution in [3.8, 4) is 5.75 Å². The van der Waals surface area contributed by atoms with E-state index < -0.39 is 10.0 Å². The zero-order valence-electron chi connectivity index (χ0n) is 16.6. The second-order valence-electron chi connectivity index (χ2n) is 6.23. The van der Waals surface area contributed by atoms with Crippen molar-refractivity contribution in [1.29, 1.82) is 0 Å². The van der Waals surface area contributed by atoms with Crippen LogP contribution in [0.3, 0.4) is 0 Å². The number of ether oxygens (including phenoxy) is 1. The van der Waals surface area contributed by atoms with Crippen molar-refractivity contribution in [2.75, 3.05) is 17.1 Å². The van der Waals surface area contributed by atoms with Crippen LogP contribution in [-0.2, 0) is 14.8 Å². The molecule has 0 aliphatic rings. The molecule has 2 N–H and O–H groups in total. The third-order valence-corrected chi connectivity index (χ3v) is 7.01. The Balaban J connectivity index is 1.75. The lowest BCUT2D eigenvalue weighted by atomic mass is 10.2. The van der Waals surface area contributed by atoms with Crippen LogP contribution in [0.4, 0.5) is 11.4 Å². The molecular weight excluding hydrogens is 426 g/mol. The summed E-state index contributed by atoms with van der Waals surface area (Å²) in [6.45, 7) is 3.48. The molecule has 8 nitrogen and oxygen atoms in total. The highest BCUT2D eigenvalue weighted by Gasteiger charge is 2.17. The van der Waals surface area contributed by atoms with Crippen molar-refractivity contribution in [2.45, 2.75) is 24.5 Å². The third-order valence-electron chi connectivity index (χ3n) is 4.08. The van der Waals surface area contributed by atoms with Crippen molar-refractivity contribution < 1.29 is 22.5 Å². The number of aromatic nitrogens is 1. The van der Waals surface area contributed by atoms with E-state index in [1.165, 1.54) is 6.07 Å². The predicted octanol–water partition coefficient (Wildman–Crippen LogP) is 4.37. The first-order chi connectivity index (χ1) is 14.3. The highest BCUT2D eigenvalue weighted by molar-refractivity contribution is 7.94. The van der Waals surface area contributed by atoms with E-state index in [1.807, 2.05) is 0 Å². The van der Waals surface area contributed by atoms with Crippen LogP contribution in [-0.4, -0.2) is 26.6 Å². The average molecular weight is 448 g/mol. The number of carbonyl (C=O) groups excluding carboxylic acids is 1. The fourth-order valence-electron chi connectivity index (χ4n) is 2.47. The van der Waals surface area contributed by atoms with Gasteiger partial charge in [0.05, 0.1) is 7.11 Å². The number of methoxy groups -OCH3 is 1. The molecule has 0 unspecified atom stereocenters. The predicted molar refractivity (Wildman–Crippen MR) is 117 cm³/mol. The minimum Gasteiger partial charge on any atom is -0.497 e. The molecule has 0 radical (unpaired) electrons. The van der Waals surface area contributed by atoms with Crippen molar-refractivity contribution >= 4 is 50.8 Å². The van der Waals surface area contributed by atoms with Crippen LogP contribution < -0.4 is 14.8 Å². The average Bonchev–Trinajstić information content (AvgIpc) is 3.34. The zero-order valence-corrected chi connectivity index (χ0v) is 18.3. The largest absolute Gasteiger partial charge is 0.497 e. The number of thiophene rings is 1. The lowest BCUT2D eigenvalue weighted by Gasteiger charge is -2.06. The number of benzene rings is 1. The van der Waals surface area contributed by atoms with Gasteiger partial charge in [0.15, 0.2) is 5.76 Å². The molecule has 158 valence electrons. The number of sulfonamides is 1. The van der Waals surface area contributed by atoms with Gasteiger partial charge in [-0.1, -0.05) is 12.1 Å². The lowest BCUT2D eigenvalue weighted by Crippen LogP contribution is -2.11. The molecule has 3 rings (SSSR count). The van der Waals surface area contributed by atoms with Gasteiger partial charge in [-0.25, -0.2) is 8.42 Å². The molecule has 0 atom stereocenters. The van der Waals surface area contributed by atoms with E-state index in [4.69, 9.17) is 9.26 Å². The van der Waals surface area contributed by atoms with Crippen molar-refractivity contribution in [1.82, 2.24) is 5.16 Å². The van der Waals surface area contributed by atoms with Gasteiger partial charge < -0.3 is 14.6 Å². The van der Waals surface area contributed by atoms with Gasteiger partial charge in [-0.05, 0) is 55.5 Å². The summed E-state index contributed by atoms with van der Waals surface area (Å²) in [7, 11) is -2.18. The second-order valence-corrected chi connectivity index (χ2v) is 9.26. The van der Waals surface area contributed by atoms with E-state index in [0.717, 1.165) is 11.3 Å². The summed E-state index contributed by atoms with van der Waals surface area (Å²) in [4.78, 5) is 12.4. The third kappa shape index (κ3) is 5.08.